The maximum Gasteiger partial charge on any atom is 0.460 e. The van der Waals surface area contributed by atoms with Crippen molar-refractivity contribution in [3.8, 4) is 0 Å². The molecule has 0 radical (unpaired) electrons. The van der Waals surface area contributed by atoms with Crippen molar-refractivity contribution in [1.29, 1.82) is 0 Å². The molecule has 1 nitrogen and oxygen atoms in total. The van der Waals surface area contributed by atoms with Crippen molar-refractivity contribution < 1.29 is 115 Å². The Morgan fingerprint density at radius 2 is 0.368 bits per heavy atom. The fourth-order valence-electron chi connectivity index (χ4n) is 1.94. The van der Waals surface area contributed by atoms with Crippen LogP contribution in [-0.4, -0.2) is 76.6 Å². The third-order valence-electron chi connectivity index (χ3n) is 4.30. The van der Waals surface area contributed by atoms with Crippen molar-refractivity contribution >= 4 is 0 Å². The number of hydrogen-bond acceptors (Lipinski definition) is 1. The van der Waals surface area contributed by atoms with Gasteiger partial charge in [0, 0.05) is 0 Å². The zero-order chi connectivity index (χ0) is 32.0. The van der Waals surface area contributed by atoms with Crippen molar-refractivity contribution in [3.05, 3.63) is 0 Å². The van der Waals surface area contributed by atoms with Gasteiger partial charge in [-0.15, -0.1) is 0 Å². The van der Waals surface area contributed by atoms with Gasteiger partial charge in [-0.05, 0) is 0 Å². The smallest absolute Gasteiger partial charge is 0.350 e. The number of aliphatic hydroxyl groups is 1. The van der Waals surface area contributed by atoms with Gasteiger partial charge in [0.25, 0.3) is 0 Å². The lowest BCUT2D eigenvalue weighted by Crippen LogP contribution is -2.78. The second-order valence-electron chi connectivity index (χ2n) is 6.79. The van der Waals surface area contributed by atoms with Gasteiger partial charge >= 0.3 is 71.5 Å². The third-order valence-corrected chi connectivity index (χ3v) is 4.30. The predicted molar refractivity (Wildman–Crippen MR) is 62.7 cm³/mol. The first-order valence-electron chi connectivity index (χ1n) is 7.70. The molecule has 230 valence electrons. The normalized spacial score (nSPS) is 18.5. The Morgan fingerprint density at radius 1 is 0.211 bits per heavy atom. The molecule has 0 aromatic rings. The minimum absolute atomic E-state index is 7.76. The van der Waals surface area contributed by atoms with E-state index in [1.54, 1.807) is 0 Å². The summed E-state index contributed by atoms with van der Waals surface area (Å²) >= 11 is 0. The van der Waals surface area contributed by atoms with Crippen molar-refractivity contribution in [3.63, 3.8) is 0 Å². The second kappa shape index (κ2) is 8.36. The van der Waals surface area contributed by atoms with Crippen molar-refractivity contribution in [1.82, 2.24) is 0 Å². The first-order valence-corrected chi connectivity index (χ1v) is 7.70. The zero-order valence-electron chi connectivity index (χ0n) is 15.9. The Labute approximate surface area is 188 Å². The molecule has 0 aliphatic heterocycles. The minimum atomic E-state index is -9.61. The lowest BCUT2D eigenvalue weighted by molar-refractivity contribution is -0.490. The fourth-order valence-corrected chi connectivity index (χ4v) is 1.94. The standard InChI is InChI=1S/C12HF25O/c13-1(14,3(17,18)5(21,22)7(25,26)9(29,30)11(32,33)34)2(15,16)4(19,20)6(23,24)8(27,28)10(31,38)12(35,36)37/h38H. The van der Waals surface area contributed by atoms with Gasteiger partial charge in [-0.1, -0.05) is 0 Å². The van der Waals surface area contributed by atoms with Crippen LogP contribution in [0.2, 0.25) is 0 Å². The van der Waals surface area contributed by atoms with Crippen molar-refractivity contribution in [2.24, 2.45) is 0 Å². The van der Waals surface area contributed by atoms with Crippen molar-refractivity contribution in [2.75, 3.05) is 0 Å². The molecule has 0 aromatic heterocycles. The van der Waals surface area contributed by atoms with E-state index in [1.807, 2.05) is 0 Å². The quantitative estimate of drug-likeness (QED) is 0.261. The maximum absolute atomic E-state index is 13.4. The number of rotatable bonds is 9. The monoisotopic (exact) mass is 636 g/mol. The number of halogens is 25. The summed E-state index contributed by atoms with van der Waals surface area (Å²) in [5, 5.41) is 7.76. The summed E-state index contributed by atoms with van der Waals surface area (Å²) < 4.78 is 321. The summed E-state index contributed by atoms with van der Waals surface area (Å²) in [7, 11) is 0. The van der Waals surface area contributed by atoms with Gasteiger partial charge in [0.05, 0.1) is 0 Å². The molecule has 38 heavy (non-hydrogen) atoms. The summed E-state index contributed by atoms with van der Waals surface area (Å²) in [5.74, 6) is -91.7. The molecule has 0 aliphatic carbocycles. The Kier molecular flexibility index (Phi) is 7.97. The summed E-state index contributed by atoms with van der Waals surface area (Å²) in [4.78, 5) is 0. The molecule has 0 saturated carbocycles. The van der Waals surface area contributed by atoms with Crippen LogP contribution in [0.4, 0.5) is 110 Å². The first-order chi connectivity index (χ1) is 15.8. The van der Waals surface area contributed by atoms with Gasteiger partial charge in [0.1, 0.15) is 0 Å². The highest BCUT2D eigenvalue weighted by Gasteiger charge is 2.99. The lowest BCUT2D eigenvalue weighted by atomic mass is 9.85. The molecule has 0 saturated heterocycles. The molecule has 0 fully saturated rings. The van der Waals surface area contributed by atoms with E-state index in [2.05, 4.69) is 0 Å². The highest BCUT2D eigenvalue weighted by atomic mass is 19.4. The highest BCUT2D eigenvalue weighted by Crippen LogP contribution is 2.67. The molecule has 0 amide bonds. The molecule has 1 atom stereocenters. The molecule has 0 rings (SSSR count). The summed E-state index contributed by atoms with van der Waals surface area (Å²) in [5.41, 5.74) is 0. The van der Waals surface area contributed by atoms with Crippen LogP contribution in [0.5, 0.6) is 0 Å². The summed E-state index contributed by atoms with van der Waals surface area (Å²) in [6, 6.07) is 0. The Bertz CT molecular complexity index is 798. The Hall–Kier alpha value is -1.79. The number of alkyl halides is 25. The van der Waals surface area contributed by atoms with Crippen LogP contribution in [0.1, 0.15) is 0 Å². The second-order valence-corrected chi connectivity index (χ2v) is 6.79. The van der Waals surface area contributed by atoms with E-state index in [0.29, 0.717) is 0 Å². The van der Waals surface area contributed by atoms with E-state index < -0.39 is 71.5 Å². The van der Waals surface area contributed by atoms with Gasteiger partial charge in [0.2, 0.25) is 0 Å². The molecule has 0 bridgehead atoms. The maximum atomic E-state index is 13.4. The van der Waals surface area contributed by atoms with Gasteiger partial charge in [0.15, 0.2) is 0 Å². The van der Waals surface area contributed by atoms with Crippen LogP contribution in [0.3, 0.4) is 0 Å². The average Bonchev–Trinajstić information content (AvgIpc) is 2.64. The molecular formula is C12HF25O. The van der Waals surface area contributed by atoms with Crippen LogP contribution >= 0.6 is 0 Å². The van der Waals surface area contributed by atoms with E-state index in [-0.39, 0.29) is 0 Å². The van der Waals surface area contributed by atoms with Crippen molar-refractivity contribution in [2.45, 2.75) is 71.5 Å². The SMILES string of the molecule is OC(F)(C(F)(F)F)C(F)(F)C(F)(F)C(F)(F)C(F)(F)C(F)(F)C(F)(F)C(F)(F)C(F)(F)C(F)(F)C(F)(F)F. The van der Waals surface area contributed by atoms with E-state index in [4.69, 9.17) is 5.11 Å². The minimum Gasteiger partial charge on any atom is -0.350 e. The lowest BCUT2D eigenvalue weighted by Gasteiger charge is -2.45. The topological polar surface area (TPSA) is 20.2 Å². The molecule has 0 spiro atoms. The van der Waals surface area contributed by atoms with Crippen LogP contribution in [0.15, 0.2) is 0 Å². The molecule has 26 heteroatoms. The van der Waals surface area contributed by atoms with Crippen LogP contribution in [0.25, 0.3) is 0 Å². The van der Waals surface area contributed by atoms with E-state index in [0.717, 1.165) is 0 Å². The Morgan fingerprint density at radius 3 is 0.526 bits per heavy atom. The zero-order valence-corrected chi connectivity index (χ0v) is 15.9. The molecule has 0 heterocycles. The largest absolute Gasteiger partial charge is 0.460 e. The van der Waals surface area contributed by atoms with Gasteiger partial charge < -0.3 is 5.11 Å². The average molecular weight is 636 g/mol. The van der Waals surface area contributed by atoms with Gasteiger partial charge in [-0.25, -0.2) is 0 Å². The summed E-state index contributed by atoms with van der Waals surface area (Å²) in [6.07, 6.45) is -16.1. The van der Waals surface area contributed by atoms with Gasteiger partial charge in [-0.2, -0.15) is 110 Å². The van der Waals surface area contributed by atoms with E-state index >= 15 is 0 Å². The summed E-state index contributed by atoms with van der Waals surface area (Å²) in [6.45, 7) is 0. The Balaban J connectivity index is 7.29. The first kappa shape index (κ1) is 36.2. The highest BCUT2D eigenvalue weighted by molar-refractivity contribution is 5.19. The predicted octanol–water partition coefficient (Wildman–Crippen LogP) is 7.49. The van der Waals surface area contributed by atoms with E-state index in [9.17, 15) is 110 Å². The van der Waals surface area contributed by atoms with Crippen LogP contribution in [-0.2, 0) is 0 Å². The van der Waals surface area contributed by atoms with Crippen LogP contribution < -0.4 is 0 Å². The van der Waals surface area contributed by atoms with Gasteiger partial charge in [-0.3, -0.25) is 0 Å². The molecule has 1 unspecified atom stereocenters. The number of hydrogen-bond donors (Lipinski definition) is 1. The molecule has 0 aromatic carbocycles. The third kappa shape index (κ3) is 3.99. The molecular weight excluding hydrogens is 635 g/mol. The molecule has 0 aliphatic rings. The molecule has 1 N–H and O–H groups in total. The fraction of sp³-hybridized carbons (Fsp3) is 1.00. The van der Waals surface area contributed by atoms with Crippen LogP contribution in [0, 0.1) is 0 Å². The van der Waals surface area contributed by atoms with E-state index in [1.165, 1.54) is 0 Å².